The maximum absolute atomic E-state index is 9.82. The Morgan fingerprint density at radius 1 is 0.310 bits per heavy atom. The second-order valence-electron chi connectivity index (χ2n) is 7.25. The van der Waals surface area contributed by atoms with Crippen LogP contribution >= 0.6 is 0 Å². The zero-order valence-corrected chi connectivity index (χ0v) is 29.0. The maximum atomic E-state index is 9.82. The van der Waals surface area contributed by atoms with Crippen LogP contribution in [0.1, 0.15) is 123 Å². The highest BCUT2D eigenvalue weighted by atomic mass is 16.5. The lowest BCUT2D eigenvalue weighted by atomic mass is 10.2. The Labute approximate surface area is 255 Å². The molecule has 0 heterocycles. The summed E-state index contributed by atoms with van der Waals surface area (Å²) in [6, 6.07) is 0. The first kappa shape index (κ1) is 54.8. The average Bonchev–Trinajstić information content (AvgIpc) is 2.84. The minimum atomic E-state index is -0.211. The predicted molar refractivity (Wildman–Crippen MR) is 164 cm³/mol. The molecule has 0 saturated heterocycles. The summed E-state index contributed by atoms with van der Waals surface area (Å²) in [6.45, 7) is 26.4. The standard InChI is InChI=1S/C6H14.6C4H8O2/c1-3-5-6-4-2;6*1-3-6-4(2)5/h3-6H2,1-2H3;6*3H2,1-2H3. The van der Waals surface area contributed by atoms with Crippen molar-refractivity contribution in [1.82, 2.24) is 0 Å². The molecule has 0 radical (unpaired) electrons. The summed E-state index contributed by atoms with van der Waals surface area (Å²) in [4.78, 5) is 58.9. The summed E-state index contributed by atoms with van der Waals surface area (Å²) in [5, 5.41) is 0. The van der Waals surface area contributed by atoms with Gasteiger partial charge in [-0.1, -0.05) is 39.5 Å². The van der Waals surface area contributed by atoms with Crippen molar-refractivity contribution in [1.29, 1.82) is 0 Å². The summed E-state index contributed by atoms with van der Waals surface area (Å²) in [7, 11) is 0. The van der Waals surface area contributed by atoms with Crippen LogP contribution in [0.3, 0.4) is 0 Å². The van der Waals surface area contributed by atoms with Gasteiger partial charge in [0, 0.05) is 41.5 Å². The lowest BCUT2D eigenvalue weighted by Gasteiger charge is -1.89. The largest absolute Gasteiger partial charge is 0.466 e. The lowest BCUT2D eigenvalue weighted by Crippen LogP contribution is -1.95. The molecule has 0 atom stereocenters. The third-order valence-corrected chi connectivity index (χ3v) is 3.04. The Hall–Kier alpha value is -3.18. The smallest absolute Gasteiger partial charge is 0.302 e. The number of rotatable bonds is 9. The molecule has 254 valence electrons. The maximum Gasteiger partial charge on any atom is 0.302 e. The van der Waals surface area contributed by atoms with Crippen molar-refractivity contribution in [2.24, 2.45) is 0 Å². The highest BCUT2D eigenvalue weighted by Crippen LogP contribution is 1.95. The number of esters is 6. The number of unbranched alkanes of at least 4 members (excludes halogenated alkanes) is 3. The van der Waals surface area contributed by atoms with Crippen molar-refractivity contribution in [3.63, 3.8) is 0 Å². The fourth-order valence-electron chi connectivity index (χ4n) is 1.72. The van der Waals surface area contributed by atoms with E-state index in [1.54, 1.807) is 41.5 Å². The number of carbonyl (C=O) groups is 6. The van der Waals surface area contributed by atoms with E-state index in [1.807, 2.05) is 0 Å². The molecule has 0 aliphatic carbocycles. The third-order valence-electron chi connectivity index (χ3n) is 3.04. The van der Waals surface area contributed by atoms with Gasteiger partial charge in [0.25, 0.3) is 0 Å². The van der Waals surface area contributed by atoms with Crippen molar-refractivity contribution in [2.75, 3.05) is 39.6 Å². The van der Waals surface area contributed by atoms with Gasteiger partial charge < -0.3 is 28.4 Å². The molecule has 0 spiro atoms. The summed E-state index contributed by atoms with van der Waals surface area (Å²) in [5.74, 6) is -1.26. The molecule has 42 heavy (non-hydrogen) atoms. The second kappa shape index (κ2) is 54.0. The van der Waals surface area contributed by atoms with Crippen LogP contribution in [0.4, 0.5) is 0 Å². The van der Waals surface area contributed by atoms with E-state index in [2.05, 4.69) is 42.3 Å². The van der Waals surface area contributed by atoms with Gasteiger partial charge in [0.15, 0.2) is 0 Å². The predicted octanol–water partition coefficient (Wildman–Crippen LogP) is 6.00. The fourth-order valence-corrected chi connectivity index (χ4v) is 1.72. The van der Waals surface area contributed by atoms with Gasteiger partial charge in [-0.3, -0.25) is 28.8 Å². The minimum absolute atomic E-state index is 0.211. The molecule has 0 rings (SSSR count). The van der Waals surface area contributed by atoms with E-state index < -0.39 is 0 Å². The molecule has 0 aliphatic rings. The van der Waals surface area contributed by atoms with Crippen LogP contribution in [0.5, 0.6) is 0 Å². The van der Waals surface area contributed by atoms with Crippen LogP contribution in [0.2, 0.25) is 0 Å². The van der Waals surface area contributed by atoms with Gasteiger partial charge in [0.05, 0.1) is 39.6 Å². The molecule has 0 aliphatic heterocycles. The Morgan fingerprint density at radius 2 is 0.429 bits per heavy atom. The van der Waals surface area contributed by atoms with E-state index in [4.69, 9.17) is 0 Å². The van der Waals surface area contributed by atoms with Crippen molar-refractivity contribution >= 4 is 35.8 Å². The molecular weight excluding hydrogens is 552 g/mol. The van der Waals surface area contributed by atoms with Crippen LogP contribution in [0, 0.1) is 0 Å². The number of ether oxygens (including phenoxy) is 6. The van der Waals surface area contributed by atoms with Crippen molar-refractivity contribution < 1.29 is 57.2 Å². The number of hydrogen-bond donors (Lipinski definition) is 0. The molecule has 0 fully saturated rings. The van der Waals surface area contributed by atoms with Gasteiger partial charge in [-0.05, 0) is 41.5 Å². The highest BCUT2D eigenvalue weighted by Gasteiger charge is 1.84. The van der Waals surface area contributed by atoms with Crippen LogP contribution in [0.15, 0.2) is 0 Å². The quantitative estimate of drug-likeness (QED) is 0.170. The minimum Gasteiger partial charge on any atom is -0.466 e. The van der Waals surface area contributed by atoms with Crippen LogP contribution in [0.25, 0.3) is 0 Å². The van der Waals surface area contributed by atoms with Gasteiger partial charge >= 0.3 is 35.8 Å². The second-order valence-corrected chi connectivity index (χ2v) is 7.25. The Bertz CT molecular complexity index is 477. The van der Waals surface area contributed by atoms with Gasteiger partial charge in [-0.2, -0.15) is 0 Å². The molecule has 0 N–H and O–H groups in total. The van der Waals surface area contributed by atoms with Crippen molar-refractivity contribution in [3.8, 4) is 0 Å². The SMILES string of the molecule is CCCCCC.CCOC(C)=O.CCOC(C)=O.CCOC(C)=O.CCOC(C)=O.CCOC(C)=O.CCOC(C)=O. The van der Waals surface area contributed by atoms with Crippen molar-refractivity contribution in [2.45, 2.75) is 123 Å². The molecule has 12 nitrogen and oxygen atoms in total. The zero-order valence-electron chi connectivity index (χ0n) is 29.0. The fraction of sp³-hybridized carbons (Fsp3) is 0.800. The Balaban J connectivity index is -0.0000000681. The van der Waals surface area contributed by atoms with E-state index in [-0.39, 0.29) is 35.8 Å². The average molecular weight is 615 g/mol. The number of carbonyl (C=O) groups excluding carboxylic acids is 6. The summed E-state index contributed by atoms with van der Waals surface area (Å²) in [5.41, 5.74) is 0. The molecule has 0 saturated carbocycles. The molecular formula is C30H62O12. The molecule has 0 unspecified atom stereocenters. The van der Waals surface area contributed by atoms with E-state index in [1.165, 1.54) is 67.2 Å². The molecule has 12 heteroatoms. The van der Waals surface area contributed by atoms with Gasteiger partial charge in [0.1, 0.15) is 0 Å². The molecule has 0 bridgehead atoms. The zero-order chi connectivity index (χ0) is 34.8. The molecule has 0 aromatic carbocycles. The molecule has 0 aromatic rings. The monoisotopic (exact) mass is 614 g/mol. The first-order chi connectivity index (χ1) is 19.5. The summed E-state index contributed by atoms with van der Waals surface area (Å²) >= 11 is 0. The van der Waals surface area contributed by atoms with Crippen LogP contribution in [-0.2, 0) is 57.2 Å². The van der Waals surface area contributed by atoms with Gasteiger partial charge in [-0.15, -0.1) is 0 Å². The summed E-state index contributed by atoms with van der Waals surface area (Å²) < 4.78 is 26.4. The summed E-state index contributed by atoms with van der Waals surface area (Å²) in [6.07, 6.45) is 5.54. The highest BCUT2D eigenvalue weighted by molar-refractivity contribution is 5.67. The van der Waals surface area contributed by atoms with Crippen molar-refractivity contribution in [3.05, 3.63) is 0 Å². The Kier molecular flexibility index (Phi) is 70.5. The van der Waals surface area contributed by atoms with Gasteiger partial charge in [-0.25, -0.2) is 0 Å². The van der Waals surface area contributed by atoms with Gasteiger partial charge in [0.2, 0.25) is 0 Å². The normalized spacial score (nSPS) is 7.86. The first-order valence-corrected chi connectivity index (χ1v) is 14.3. The molecule has 0 amide bonds. The molecule has 0 aromatic heterocycles. The topological polar surface area (TPSA) is 158 Å². The van der Waals surface area contributed by atoms with E-state index in [0.717, 1.165) is 0 Å². The lowest BCUT2D eigenvalue weighted by molar-refractivity contribution is -0.141. The van der Waals surface area contributed by atoms with Crippen LogP contribution in [-0.4, -0.2) is 75.5 Å². The van der Waals surface area contributed by atoms with Crippen LogP contribution < -0.4 is 0 Å². The third kappa shape index (κ3) is 149. The first-order valence-electron chi connectivity index (χ1n) is 14.3. The van der Waals surface area contributed by atoms with E-state index in [9.17, 15) is 28.8 Å². The van der Waals surface area contributed by atoms with E-state index >= 15 is 0 Å². The Morgan fingerprint density at radius 3 is 0.452 bits per heavy atom. The van der Waals surface area contributed by atoms with E-state index in [0.29, 0.717) is 39.6 Å². The number of hydrogen-bond acceptors (Lipinski definition) is 12.